The molecule has 0 saturated carbocycles. The first-order chi connectivity index (χ1) is 13.0. The summed E-state index contributed by atoms with van der Waals surface area (Å²) in [6.45, 7) is 0.0922. The van der Waals surface area contributed by atoms with Crippen LogP contribution in [0.4, 0.5) is 5.69 Å². The van der Waals surface area contributed by atoms with E-state index < -0.39 is 10.0 Å². The van der Waals surface area contributed by atoms with Crippen molar-refractivity contribution in [3.8, 4) is 0 Å². The molecule has 1 N–H and O–H groups in total. The van der Waals surface area contributed by atoms with Gasteiger partial charge in [0, 0.05) is 25.4 Å². The van der Waals surface area contributed by atoms with Crippen LogP contribution in [0.25, 0.3) is 0 Å². The van der Waals surface area contributed by atoms with Crippen LogP contribution in [-0.2, 0) is 16.6 Å². The Bertz CT molecular complexity index is 1020. The highest BCUT2D eigenvalue weighted by molar-refractivity contribution is 7.89. The number of sulfonamides is 1. The number of rotatable bonds is 6. The molecule has 1 heterocycles. The lowest BCUT2D eigenvalue weighted by molar-refractivity contribution is 0.0993. The van der Waals surface area contributed by atoms with Gasteiger partial charge < -0.3 is 4.90 Å². The second-order valence-electron chi connectivity index (χ2n) is 5.91. The highest BCUT2D eigenvalue weighted by Crippen LogP contribution is 2.15. The summed E-state index contributed by atoms with van der Waals surface area (Å²) >= 11 is 0. The van der Waals surface area contributed by atoms with Gasteiger partial charge in [-0.25, -0.2) is 13.1 Å². The number of hydrogen-bond acceptors (Lipinski definition) is 4. The third-order valence-corrected chi connectivity index (χ3v) is 5.45. The Morgan fingerprint density at radius 3 is 2.52 bits per heavy atom. The SMILES string of the molecule is CN(C(=O)c1cccc(CNS(=O)(=O)c2ccccc2)c1)c1cccnc1. The second kappa shape index (κ2) is 8.11. The van der Waals surface area contributed by atoms with Crippen LogP contribution in [0.1, 0.15) is 15.9 Å². The molecule has 0 spiro atoms. The number of nitrogens with zero attached hydrogens (tertiary/aromatic N) is 2. The van der Waals surface area contributed by atoms with Crippen LogP contribution in [0.3, 0.4) is 0 Å². The summed E-state index contributed by atoms with van der Waals surface area (Å²) in [4.78, 5) is 18.4. The Morgan fingerprint density at radius 2 is 1.81 bits per heavy atom. The van der Waals surface area contributed by atoms with Crippen molar-refractivity contribution < 1.29 is 13.2 Å². The second-order valence-corrected chi connectivity index (χ2v) is 7.68. The minimum absolute atomic E-state index is 0.0922. The molecule has 1 aromatic heterocycles. The Balaban J connectivity index is 1.73. The number of benzene rings is 2. The van der Waals surface area contributed by atoms with E-state index in [0.29, 0.717) is 16.8 Å². The molecule has 0 aliphatic carbocycles. The quantitative estimate of drug-likeness (QED) is 0.712. The molecule has 7 heteroatoms. The predicted octanol–water partition coefficient (Wildman–Crippen LogP) is 2.84. The smallest absolute Gasteiger partial charge is 0.258 e. The van der Waals surface area contributed by atoms with Gasteiger partial charge in [0.15, 0.2) is 0 Å². The van der Waals surface area contributed by atoms with Crippen molar-refractivity contribution in [2.75, 3.05) is 11.9 Å². The van der Waals surface area contributed by atoms with Gasteiger partial charge in [0.2, 0.25) is 10.0 Å². The molecule has 0 bridgehead atoms. The third-order valence-electron chi connectivity index (χ3n) is 4.03. The van der Waals surface area contributed by atoms with Gasteiger partial charge in [0.25, 0.3) is 5.91 Å². The van der Waals surface area contributed by atoms with Gasteiger partial charge in [0.1, 0.15) is 0 Å². The first-order valence-corrected chi connectivity index (χ1v) is 9.77. The molecule has 1 amide bonds. The molecule has 0 radical (unpaired) electrons. The Labute approximate surface area is 158 Å². The highest BCUT2D eigenvalue weighted by atomic mass is 32.2. The average molecular weight is 381 g/mol. The maximum Gasteiger partial charge on any atom is 0.258 e. The molecule has 138 valence electrons. The molecule has 3 aromatic rings. The maximum absolute atomic E-state index is 12.7. The molecule has 0 aliphatic rings. The van der Waals surface area contributed by atoms with E-state index in [1.54, 1.807) is 74.0 Å². The van der Waals surface area contributed by atoms with Crippen LogP contribution >= 0.6 is 0 Å². The van der Waals surface area contributed by atoms with Crippen molar-refractivity contribution in [1.29, 1.82) is 0 Å². The third kappa shape index (κ3) is 4.58. The Kier molecular flexibility index (Phi) is 5.63. The van der Waals surface area contributed by atoms with E-state index in [9.17, 15) is 13.2 Å². The molecule has 2 aromatic carbocycles. The van der Waals surface area contributed by atoms with Gasteiger partial charge in [-0.1, -0.05) is 30.3 Å². The van der Waals surface area contributed by atoms with Gasteiger partial charge in [0.05, 0.1) is 16.8 Å². The van der Waals surface area contributed by atoms with E-state index in [0.717, 1.165) is 0 Å². The zero-order chi connectivity index (χ0) is 19.3. The van der Waals surface area contributed by atoms with Crippen molar-refractivity contribution in [2.24, 2.45) is 0 Å². The number of nitrogens with one attached hydrogen (secondary N) is 1. The van der Waals surface area contributed by atoms with Crippen molar-refractivity contribution >= 4 is 21.6 Å². The Morgan fingerprint density at radius 1 is 1.04 bits per heavy atom. The molecule has 0 atom stereocenters. The molecule has 0 saturated heterocycles. The van der Waals surface area contributed by atoms with E-state index in [-0.39, 0.29) is 17.3 Å². The number of hydrogen-bond donors (Lipinski definition) is 1. The van der Waals surface area contributed by atoms with Gasteiger partial charge in [-0.15, -0.1) is 0 Å². The van der Waals surface area contributed by atoms with Crippen LogP contribution in [0, 0.1) is 0 Å². The van der Waals surface area contributed by atoms with Crippen LogP contribution in [-0.4, -0.2) is 26.4 Å². The fourth-order valence-electron chi connectivity index (χ4n) is 2.54. The Hall–Kier alpha value is -3.03. The van der Waals surface area contributed by atoms with Crippen molar-refractivity contribution in [3.05, 3.63) is 90.3 Å². The number of carbonyl (C=O) groups excluding carboxylic acids is 1. The molecule has 27 heavy (non-hydrogen) atoms. The first-order valence-electron chi connectivity index (χ1n) is 8.29. The fraction of sp³-hybridized carbons (Fsp3) is 0.100. The predicted molar refractivity (Wildman–Crippen MR) is 104 cm³/mol. The monoisotopic (exact) mass is 381 g/mol. The van der Waals surface area contributed by atoms with Crippen LogP contribution in [0.15, 0.2) is 84.0 Å². The summed E-state index contributed by atoms with van der Waals surface area (Å²) < 4.78 is 27.2. The zero-order valence-corrected chi connectivity index (χ0v) is 15.6. The summed E-state index contributed by atoms with van der Waals surface area (Å²) in [5, 5.41) is 0. The lowest BCUT2D eigenvalue weighted by Gasteiger charge is -2.17. The number of aromatic nitrogens is 1. The number of amides is 1. The lowest BCUT2D eigenvalue weighted by atomic mass is 10.1. The van der Waals surface area contributed by atoms with Crippen molar-refractivity contribution in [1.82, 2.24) is 9.71 Å². The maximum atomic E-state index is 12.7. The van der Waals surface area contributed by atoms with Gasteiger partial charge in [-0.05, 0) is 42.0 Å². The molecular formula is C20H19N3O3S. The molecule has 0 unspecified atom stereocenters. The van der Waals surface area contributed by atoms with Crippen molar-refractivity contribution in [2.45, 2.75) is 11.4 Å². The average Bonchev–Trinajstić information content (AvgIpc) is 2.73. The molecule has 3 rings (SSSR count). The van der Waals surface area contributed by atoms with Gasteiger partial charge >= 0.3 is 0 Å². The lowest BCUT2D eigenvalue weighted by Crippen LogP contribution is -2.27. The minimum Gasteiger partial charge on any atom is -0.310 e. The van der Waals surface area contributed by atoms with Gasteiger partial charge in [-0.3, -0.25) is 9.78 Å². The summed E-state index contributed by atoms with van der Waals surface area (Å²) in [6.07, 6.45) is 3.25. The summed E-state index contributed by atoms with van der Waals surface area (Å²) in [5.41, 5.74) is 1.84. The summed E-state index contributed by atoms with van der Waals surface area (Å²) in [7, 11) is -1.93. The molecule has 6 nitrogen and oxygen atoms in total. The molecule has 0 fully saturated rings. The van der Waals surface area contributed by atoms with E-state index in [1.165, 1.54) is 17.0 Å². The standard InChI is InChI=1S/C20H19N3O3S/c1-23(18-9-6-12-21-15-18)20(24)17-8-5-7-16(13-17)14-22-27(25,26)19-10-3-2-4-11-19/h2-13,15,22H,14H2,1H3. The number of carbonyl (C=O) groups is 1. The minimum atomic E-state index is -3.60. The van der Waals surface area contributed by atoms with Crippen molar-refractivity contribution in [3.63, 3.8) is 0 Å². The topological polar surface area (TPSA) is 79.4 Å². The number of anilines is 1. The summed E-state index contributed by atoms with van der Waals surface area (Å²) in [5.74, 6) is -0.198. The largest absolute Gasteiger partial charge is 0.310 e. The van der Waals surface area contributed by atoms with E-state index in [1.807, 2.05) is 0 Å². The van der Waals surface area contributed by atoms with E-state index in [2.05, 4.69) is 9.71 Å². The molecule has 0 aliphatic heterocycles. The van der Waals surface area contributed by atoms with Crippen LogP contribution < -0.4 is 9.62 Å². The van der Waals surface area contributed by atoms with E-state index in [4.69, 9.17) is 0 Å². The summed E-state index contributed by atoms with van der Waals surface area (Å²) in [6, 6.07) is 18.6. The molecular weight excluding hydrogens is 362 g/mol. The fourth-order valence-corrected chi connectivity index (χ4v) is 3.58. The van der Waals surface area contributed by atoms with E-state index >= 15 is 0 Å². The first kappa shape index (κ1) is 18.8. The van der Waals surface area contributed by atoms with Crippen LogP contribution in [0.5, 0.6) is 0 Å². The number of pyridine rings is 1. The normalized spacial score (nSPS) is 11.1. The van der Waals surface area contributed by atoms with Gasteiger partial charge in [-0.2, -0.15) is 0 Å². The zero-order valence-electron chi connectivity index (χ0n) is 14.7. The highest BCUT2D eigenvalue weighted by Gasteiger charge is 2.16. The van der Waals surface area contributed by atoms with Crippen LogP contribution in [0.2, 0.25) is 0 Å².